The molecule has 2 aromatic rings. The van der Waals surface area contributed by atoms with Crippen LogP contribution < -0.4 is 15.4 Å². The van der Waals surface area contributed by atoms with Crippen molar-refractivity contribution in [1.82, 2.24) is 20.4 Å². The highest BCUT2D eigenvalue weighted by atomic mass is 32.1. The highest BCUT2D eigenvalue weighted by Crippen LogP contribution is 2.27. The van der Waals surface area contributed by atoms with Gasteiger partial charge in [0, 0.05) is 6.54 Å². The zero-order valence-electron chi connectivity index (χ0n) is 13.6. The number of likely N-dealkylation sites (tertiary alicyclic amines) is 1. The summed E-state index contributed by atoms with van der Waals surface area (Å²) in [6.45, 7) is 2.61. The second kappa shape index (κ2) is 8.07. The molecule has 1 aromatic heterocycles. The van der Waals surface area contributed by atoms with E-state index in [2.05, 4.69) is 31.8 Å². The first kappa shape index (κ1) is 16.7. The SMILES string of the molecule is COc1cccc([C@@H](CNC(=O)Nc2nncs2)N2CCCC2)c1. The largest absolute Gasteiger partial charge is 0.497 e. The number of benzene rings is 1. The van der Waals surface area contributed by atoms with Gasteiger partial charge in [-0.25, -0.2) is 4.79 Å². The second-order valence-electron chi connectivity index (χ2n) is 5.61. The van der Waals surface area contributed by atoms with Crippen LogP contribution in [0.1, 0.15) is 24.4 Å². The molecule has 1 aromatic carbocycles. The van der Waals surface area contributed by atoms with Crippen molar-refractivity contribution in [2.45, 2.75) is 18.9 Å². The number of carbonyl (C=O) groups excluding carboxylic acids is 1. The van der Waals surface area contributed by atoms with Crippen molar-refractivity contribution in [3.63, 3.8) is 0 Å². The molecule has 0 saturated carbocycles. The third-order valence-electron chi connectivity index (χ3n) is 4.10. The molecule has 0 unspecified atom stereocenters. The van der Waals surface area contributed by atoms with Gasteiger partial charge in [0.2, 0.25) is 5.13 Å². The summed E-state index contributed by atoms with van der Waals surface area (Å²) in [6.07, 6.45) is 2.38. The van der Waals surface area contributed by atoms with Gasteiger partial charge in [-0.2, -0.15) is 0 Å². The van der Waals surface area contributed by atoms with Gasteiger partial charge >= 0.3 is 6.03 Å². The first-order valence-corrected chi connectivity index (χ1v) is 8.83. The van der Waals surface area contributed by atoms with Crippen LogP contribution in [0.4, 0.5) is 9.93 Å². The zero-order chi connectivity index (χ0) is 16.8. The lowest BCUT2D eigenvalue weighted by atomic mass is 10.1. The van der Waals surface area contributed by atoms with E-state index in [4.69, 9.17) is 4.74 Å². The number of amides is 2. The van der Waals surface area contributed by atoms with Crippen LogP contribution in [0.15, 0.2) is 29.8 Å². The third-order valence-corrected chi connectivity index (χ3v) is 4.70. The van der Waals surface area contributed by atoms with Gasteiger partial charge in [-0.05, 0) is 43.6 Å². The third kappa shape index (κ3) is 4.21. The average Bonchev–Trinajstić information content (AvgIpc) is 3.29. The van der Waals surface area contributed by atoms with Crippen molar-refractivity contribution in [3.8, 4) is 5.75 Å². The summed E-state index contributed by atoms with van der Waals surface area (Å²) in [4.78, 5) is 14.5. The molecule has 0 spiro atoms. The Morgan fingerprint density at radius 1 is 1.42 bits per heavy atom. The van der Waals surface area contributed by atoms with E-state index >= 15 is 0 Å². The molecular weight excluding hydrogens is 326 g/mol. The lowest BCUT2D eigenvalue weighted by Crippen LogP contribution is -2.38. The molecule has 7 nitrogen and oxygen atoms in total. The Bertz CT molecular complexity index is 658. The Morgan fingerprint density at radius 2 is 2.25 bits per heavy atom. The van der Waals surface area contributed by atoms with Crippen LogP contribution in [-0.2, 0) is 0 Å². The van der Waals surface area contributed by atoms with E-state index < -0.39 is 0 Å². The fourth-order valence-electron chi connectivity index (χ4n) is 2.92. The van der Waals surface area contributed by atoms with Gasteiger partial charge in [-0.1, -0.05) is 23.5 Å². The molecule has 8 heteroatoms. The number of rotatable bonds is 6. The second-order valence-corrected chi connectivity index (χ2v) is 6.45. The number of ether oxygens (including phenoxy) is 1. The summed E-state index contributed by atoms with van der Waals surface area (Å²) < 4.78 is 5.33. The zero-order valence-corrected chi connectivity index (χ0v) is 14.4. The maximum absolute atomic E-state index is 12.1. The first-order valence-electron chi connectivity index (χ1n) is 7.95. The number of nitrogens with one attached hydrogen (secondary N) is 2. The van der Waals surface area contributed by atoms with E-state index in [0.29, 0.717) is 11.7 Å². The van der Waals surface area contributed by atoms with Crippen molar-refractivity contribution in [2.24, 2.45) is 0 Å². The molecule has 1 fully saturated rings. The quantitative estimate of drug-likeness (QED) is 0.839. The maximum atomic E-state index is 12.1. The Labute approximate surface area is 145 Å². The summed E-state index contributed by atoms with van der Waals surface area (Å²) in [5, 5.41) is 13.6. The van der Waals surface area contributed by atoms with E-state index in [1.54, 1.807) is 12.6 Å². The minimum absolute atomic E-state index is 0.128. The molecule has 1 aliphatic rings. The molecule has 3 rings (SSSR count). The van der Waals surface area contributed by atoms with Crippen molar-refractivity contribution in [1.29, 1.82) is 0 Å². The Kier molecular flexibility index (Phi) is 5.60. The molecule has 2 N–H and O–H groups in total. The van der Waals surface area contributed by atoms with Gasteiger partial charge in [0.1, 0.15) is 11.3 Å². The number of anilines is 1. The topological polar surface area (TPSA) is 79.4 Å². The van der Waals surface area contributed by atoms with E-state index in [1.807, 2.05) is 18.2 Å². The molecule has 2 amide bonds. The first-order chi connectivity index (χ1) is 11.8. The van der Waals surface area contributed by atoms with Gasteiger partial charge in [0.15, 0.2) is 0 Å². The highest BCUT2D eigenvalue weighted by Gasteiger charge is 2.24. The summed E-state index contributed by atoms with van der Waals surface area (Å²) in [5.41, 5.74) is 2.73. The number of hydrogen-bond donors (Lipinski definition) is 2. The molecule has 24 heavy (non-hydrogen) atoms. The smallest absolute Gasteiger partial charge is 0.321 e. The van der Waals surface area contributed by atoms with E-state index in [9.17, 15) is 4.79 Å². The lowest BCUT2D eigenvalue weighted by Gasteiger charge is -2.28. The normalized spacial score (nSPS) is 15.9. The maximum Gasteiger partial charge on any atom is 0.321 e. The summed E-state index contributed by atoms with van der Waals surface area (Å²) in [6, 6.07) is 7.89. The molecule has 1 saturated heterocycles. The summed E-state index contributed by atoms with van der Waals surface area (Å²) in [5.74, 6) is 0.829. The standard InChI is InChI=1S/C16H21N5O2S/c1-23-13-6-4-5-12(9-13)14(21-7-2-3-8-21)10-17-15(22)19-16-20-18-11-24-16/h4-6,9,11,14H,2-3,7-8,10H2,1H3,(H2,17,19,20,22)/t14-/m1/s1. The van der Waals surface area contributed by atoms with Crippen LogP contribution >= 0.6 is 11.3 Å². The molecule has 2 heterocycles. The van der Waals surface area contributed by atoms with Crippen molar-refractivity contribution in [3.05, 3.63) is 35.3 Å². The number of carbonyl (C=O) groups is 1. The Morgan fingerprint density at radius 3 is 2.96 bits per heavy atom. The number of nitrogens with zero attached hydrogens (tertiary/aromatic N) is 3. The van der Waals surface area contributed by atoms with E-state index in [0.717, 1.165) is 24.4 Å². The average molecular weight is 347 g/mol. The fraction of sp³-hybridized carbons (Fsp3) is 0.438. The summed E-state index contributed by atoms with van der Waals surface area (Å²) >= 11 is 1.29. The highest BCUT2D eigenvalue weighted by molar-refractivity contribution is 7.13. The van der Waals surface area contributed by atoms with Crippen LogP contribution in [0.2, 0.25) is 0 Å². The number of hydrogen-bond acceptors (Lipinski definition) is 6. The minimum atomic E-state index is -0.265. The number of aromatic nitrogens is 2. The summed E-state index contributed by atoms with van der Waals surface area (Å²) in [7, 11) is 1.66. The van der Waals surface area contributed by atoms with Gasteiger partial charge in [-0.15, -0.1) is 10.2 Å². The number of methoxy groups -OCH3 is 1. The molecule has 1 aliphatic heterocycles. The predicted molar refractivity (Wildman–Crippen MR) is 93.5 cm³/mol. The van der Waals surface area contributed by atoms with Crippen LogP contribution in [0.5, 0.6) is 5.75 Å². The van der Waals surface area contributed by atoms with Crippen LogP contribution in [0, 0.1) is 0 Å². The molecule has 0 radical (unpaired) electrons. The van der Waals surface area contributed by atoms with Gasteiger partial charge in [0.25, 0.3) is 0 Å². The van der Waals surface area contributed by atoms with Gasteiger partial charge < -0.3 is 10.1 Å². The Balaban J connectivity index is 1.66. The van der Waals surface area contributed by atoms with Crippen LogP contribution in [-0.4, -0.2) is 47.9 Å². The molecule has 128 valence electrons. The fourth-order valence-corrected chi connectivity index (χ4v) is 3.36. The van der Waals surface area contributed by atoms with Crippen LogP contribution in [0.3, 0.4) is 0 Å². The molecule has 0 aliphatic carbocycles. The van der Waals surface area contributed by atoms with Crippen molar-refractivity contribution < 1.29 is 9.53 Å². The van der Waals surface area contributed by atoms with Crippen molar-refractivity contribution >= 4 is 22.5 Å². The molecule has 1 atom stereocenters. The minimum Gasteiger partial charge on any atom is -0.497 e. The van der Waals surface area contributed by atoms with E-state index in [-0.39, 0.29) is 12.1 Å². The van der Waals surface area contributed by atoms with Gasteiger partial charge in [-0.3, -0.25) is 10.2 Å². The molecular formula is C16H21N5O2S. The van der Waals surface area contributed by atoms with Crippen LogP contribution in [0.25, 0.3) is 0 Å². The van der Waals surface area contributed by atoms with Gasteiger partial charge in [0.05, 0.1) is 13.2 Å². The van der Waals surface area contributed by atoms with Crippen molar-refractivity contribution in [2.75, 3.05) is 32.1 Å². The Hall–Kier alpha value is -2.19. The van der Waals surface area contributed by atoms with E-state index in [1.165, 1.54) is 24.2 Å². The lowest BCUT2D eigenvalue weighted by molar-refractivity contribution is 0.227. The molecule has 0 bridgehead atoms. The number of urea groups is 1. The monoisotopic (exact) mass is 347 g/mol. The predicted octanol–water partition coefficient (Wildman–Crippen LogP) is 2.51.